The van der Waals surface area contributed by atoms with Gasteiger partial charge in [0.2, 0.25) is 0 Å². The summed E-state index contributed by atoms with van der Waals surface area (Å²) in [7, 11) is 0. The topological polar surface area (TPSA) is 12.0 Å². The second-order valence-corrected chi connectivity index (χ2v) is 5.99. The molecule has 1 N–H and O–H groups in total. The molecule has 1 aromatic carbocycles. The minimum absolute atomic E-state index is 0.112. The van der Waals surface area contributed by atoms with Gasteiger partial charge >= 0.3 is 0 Å². The number of halogens is 3. The van der Waals surface area contributed by atoms with E-state index in [0.29, 0.717) is 12.6 Å². The summed E-state index contributed by atoms with van der Waals surface area (Å²) >= 11 is 0. The van der Waals surface area contributed by atoms with Crippen LogP contribution in [0.25, 0.3) is 0 Å². The summed E-state index contributed by atoms with van der Waals surface area (Å²) in [5.41, 5.74) is 0.134. The minimum Gasteiger partial charge on any atom is -0.310 e. The molecule has 0 aromatic heterocycles. The van der Waals surface area contributed by atoms with E-state index < -0.39 is 17.5 Å². The second-order valence-electron chi connectivity index (χ2n) is 5.99. The van der Waals surface area contributed by atoms with Crippen molar-refractivity contribution in [1.29, 1.82) is 0 Å². The smallest absolute Gasteiger partial charge is 0.161 e. The molecule has 1 fully saturated rings. The van der Waals surface area contributed by atoms with Gasteiger partial charge in [0.05, 0.1) is 0 Å². The lowest BCUT2D eigenvalue weighted by Crippen LogP contribution is -2.38. The molecule has 0 bridgehead atoms. The molecule has 1 aliphatic rings. The van der Waals surface area contributed by atoms with Crippen molar-refractivity contribution in [1.82, 2.24) is 5.32 Å². The lowest BCUT2D eigenvalue weighted by atomic mass is 9.68. The van der Waals surface area contributed by atoms with Gasteiger partial charge < -0.3 is 5.32 Å². The fourth-order valence-electron chi connectivity index (χ4n) is 3.34. The highest BCUT2D eigenvalue weighted by Gasteiger charge is 2.37. The van der Waals surface area contributed by atoms with Crippen molar-refractivity contribution in [3.8, 4) is 0 Å². The lowest BCUT2D eigenvalue weighted by molar-refractivity contribution is 0.143. The molecule has 4 heteroatoms. The fraction of sp³-hybridized carbons (Fsp3) is 0.625. The Morgan fingerprint density at radius 1 is 1.05 bits per heavy atom. The molecule has 0 amide bonds. The van der Waals surface area contributed by atoms with Gasteiger partial charge in [-0.05, 0) is 30.9 Å². The van der Waals surface area contributed by atoms with E-state index in [1.807, 2.05) is 6.92 Å². The Labute approximate surface area is 118 Å². The average molecular weight is 285 g/mol. The van der Waals surface area contributed by atoms with Crippen LogP contribution in [0, 0.1) is 22.9 Å². The van der Waals surface area contributed by atoms with E-state index in [2.05, 4.69) is 12.2 Å². The van der Waals surface area contributed by atoms with Crippen molar-refractivity contribution >= 4 is 0 Å². The zero-order valence-electron chi connectivity index (χ0n) is 12.1. The van der Waals surface area contributed by atoms with Crippen molar-refractivity contribution in [3.63, 3.8) is 0 Å². The van der Waals surface area contributed by atoms with Gasteiger partial charge in [-0.25, -0.2) is 13.2 Å². The summed E-state index contributed by atoms with van der Waals surface area (Å²) in [6, 6.07) is 1.39. The average Bonchev–Trinajstić information content (AvgIpc) is 2.41. The van der Waals surface area contributed by atoms with Crippen LogP contribution in [0.15, 0.2) is 12.1 Å². The molecule has 1 saturated carbocycles. The van der Waals surface area contributed by atoms with Crippen molar-refractivity contribution < 1.29 is 13.2 Å². The van der Waals surface area contributed by atoms with Gasteiger partial charge in [-0.1, -0.05) is 33.1 Å². The molecule has 1 aromatic rings. The van der Waals surface area contributed by atoms with Crippen LogP contribution < -0.4 is 5.32 Å². The molecule has 2 rings (SSSR count). The van der Waals surface area contributed by atoms with Gasteiger partial charge in [0, 0.05) is 17.7 Å². The third kappa shape index (κ3) is 3.00. The van der Waals surface area contributed by atoms with Crippen LogP contribution in [0.3, 0.4) is 0 Å². The summed E-state index contributed by atoms with van der Waals surface area (Å²) in [6.07, 6.45) is 5.34. The molecule has 1 unspecified atom stereocenters. The van der Waals surface area contributed by atoms with E-state index in [-0.39, 0.29) is 17.0 Å². The number of nitrogens with one attached hydrogen (secondary N) is 1. The predicted octanol–water partition coefficient (Wildman–Crippen LogP) is 4.72. The minimum atomic E-state index is -1.13. The van der Waals surface area contributed by atoms with Gasteiger partial charge in [-0.3, -0.25) is 0 Å². The molecule has 112 valence electrons. The SMILES string of the molecule is CCNC(c1cc(F)c(F)cc1F)C1(C)CCCCC1. The van der Waals surface area contributed by atoms with E-state index in [4.69, 9.17) is 0 Å². The normalized spacial score (nSPS) is 19.9. The van der Waals surface area contributed by atoms with E-state index in [9.17, 15) is 13.2 Å². The zero-order valence-corrected chi connectivity index (χ0v) is 12.1. The van der Waals surface area contributed by atoms with E-state index in [0.717, 1.165) is 31.7 Å². The fourth-order valence-corrected chi connectivity index (χ4v) is 3.34. The Balaban J connectivity index is 2.40. The van der Waals surface area contributed by atoms with Gasteiger partial charge in [0.25, 0.3) is 0 Å². The molecule has 1 aliphatic carbocycles. The van der Waals surface area contributed by atoms with Crippen molar-refractivity contribution in [2.45, 2.75) is 52.0 Å². The Morgan fingerprint density at radius 3 is 2.25 bits per heavy atom. The molecule has 0 aliphatic heterocycles. The van der Waals surface area contributed by atoms with Crippen LogP contribution in [-0.2, 0) is 0 Å². The molecule has 20 heavy (non-hydrogen) atoms. The van der Waals surface area contributed by atoms with Crippen LogP contribution in [-0.4, -0.2) is 6.54 Å². The van der Waals surface area contributed by atoms with Gasteiger partial charge in [0.1, 0.15) is 5.82 Å². The Kier molecular flexibility index (Phi) is 4.74. The maximum absolute atomic E-state index is 14.1. The molecule has 0 saturated heterocycles. The zero-order chi connectivity index (χ0) is 14.8. The lowest BCUT2D eigenvalue weighted by Gasteiger charge is -2.41. The summed E-state index contributed by atoms with van der Waals surface area (Å²) < 4.78 is 40.7. The van der Waals surface area contributed by atoms with Crippen molar-refractivity contribution in [2.75, 3.05) is 6.54 Å². The number of hydrogen-bond donors (Lipinski definition) is 1. The molecular formula is C16H22F3N. The highest BCUT2D eigenvalue weighted by molar-refractivity contribution is 5.25. The first kappa shape index (κ1) is 15.4. The monoisotopic (exact) mass is 285 g/mol. The standard InChI is InChI=1S/C16H22F3N/c1-3-20-15(16(2)7-5-4-6-8-16)11-9-13(18)14(19)10-12(11)17/h9-10,15,20H,3-8H2,1-2H3. The van der Waals surface area contributed by atoms with Crippen LogP contribution in [0.5, 0.6) is 0 Å². The Bertz CT molecular complexity index is 467. The number of rotatable bonds is 4. The molecule has 1 nitrogen and oxygen atoms in total. The maximum atomic E-state index is 14.1. The largest absolute Gasteiger partial charge is 0.310 e. The van der Waals surface area contributed by atoms with Crippen LogP contribution in [0.2, 0.25) is 0 Å². The molecular weight excluding hydrogens is 263 g/mol. The second kappa shape index (κ2) is 6.17. The molecule has 0 heterocycles. The Morgan fingerprint density at radius 2 is 1.65 bits per heavy atom. The predicted molar refractivity (Wildman–Crippen MR) is 73.9 cm³/mol. The highest BCUT2D eigenvalue weighted by Crippen LogP contribution is 2.46. The summed E-state index contributed by atoms with van der Waals surface area (Å²) in [6.45, 7) is 4.72. The van der Waals surface area contributed by atoms with Crippen LogP contribution in [0.4, 0.5) is 13.2 Å². The number of hydrogen-bond acceptors (Lipinski definition) is 1. The van der Waals surface area contributed by atoms with E-state index in [1.54, 1.807) is 0 Å². The van der Waals surface area contributed by atoms with Crippen LogP contribution in [0.1, 0.15) is 57.6 Å². The first-order valence-corrected chi connectivity index (χ1v) is 7.36. The third-order valence-corrected chi connectivity index (χ3v) is 4.45. The van der Waals surface area contributed by atoms with Crippen molar-refractivity contribution in [2.24, 2.45) is 5.41 Å². The molecule has 0 spiro atoms. The maximum Gasteiger partial charge on any atom is 0.161 e. The van der Waals surface area contributed by atoms with Crippen molar-refractivity contribution in [3.05, 3.63) is 35.1 Å². The van der Waals surface area contributed by atoms with Crippen LogP contribution >= 0.6 is 0 Å². The summed E-state index contributed by atoms with van der Waals surface area (Å²) in [4.78, 5) is 0. The summed E-state index contributed by atoms with van der Waals surface area (Å²) in [5.74, 6) is -2.78. The number of benzene rings is 1. The first-order valence-electron chi connectivity index (χ1n) is 7.36. The highest BCUT2D eigenvalue weighted by atomic mass is 19.2. The van der Waals surface area contributed by atoms with Gasteiger partial charge in [-0.15, -0.1) is 0 Å². The third-order valence-electron chi connectivity index (χ3n) is 4.45. The quantitative estimate of drug-likeness (QED) is 0.789. The summed E-state index contributed by atoms with van der Waals surface area (Å²) in [5, 5.41) is 3.27. The van der Waals surface area contributed by atoms with Gasteiger partial charge in [-0.2, -0.15) is 0 Å². The first-order chi connectivity index (χ1) is 9.48. The van der Waals surface area contributed by atoms with Gasteiger partial charge in [0.15, 0.2) is 11.6 Å². The molecule has 0 radical (unpaired) electrons. The van der Waals surface area contributed by atoms with E-state index >= 15 is 0 Å². The molecule has 1 atom stereocenters. The Hall–Kier alpha value is -1.03. The van der Waals surface area contributed by atoms with E-state index in [1.165, 1.54) is 6.42 Å².